The van der Waals surface area contributed by atoms with Crippen LogP contribution >= 0.6 is 7.82 Å². The first-order chi connectivity index (χ1) is 12.0. The highest BCUT2D eigenvalue weighted by molar-refractivity contribution is 7.49. The molecule has 0 aliphatic rings. The van der Waals surface area contributed by atoms with E-state index in [2.05, 4.69) is 0 Å². The van der Waals surface area contributed by atoms with Crippen molar-refractivity contribution >= 4 is 13.8 Å². The van der Waals surface area contributed by atoms with Gasteiger partial charge in [0.1, 0.15) is 18.1 Å². The minimum absolute atomic E-state index is 0.0548. The van der Waals surface area contributed by atoms with Gasteiger partial charge in [-0.2, -0.15) is 0 Å². The lowest BCUT2D eigenvalue weighted by molar-refractivity contribution is -0.139. The van der Waals surface area contributed by atoms with Crippen molar-refractivity contribution in [1.29, 1.82) is 0 Å². The van der Waals surface area contributed by atoms with Gasteiger partial charge < -0.3 is 13.8 Å². The monoisotopic (exact) mass is 362 g/mol. The zero-order valence-corrected chi connectivity index (χ0v) is 14.8. The Kier molecular flexibility index (Phi) is 6.81. The summed E-state index contributed by atoms with van der Waals surface area (Å²) in [4.78, 5) is 11.8. The molecule has 0 saturated heterocycles. The van der Waals surface area contributed by atoms with E-state index in [4.69, 9.17) is 18.3 Å². The Morgan fingerprint density at radius 2 is 1.64 bits per heavy atom. The number of carbonyl (C=O) groups is 1. The molecule has 0 aromatic heterocycles. The van der Waals surface area contributed by atoms with E-state index in [1.807, 2.05) is 30.3 Å². The largest absolute Gasteiger partial charge is 0.586 e. The van der Waals surface area contributed by atoms with Gasteiger partial charge in [-0.05, 0) is 24.6 Å². The molecule has 0 saturated carbocycles. The Morgan fingerprint density at radius 3 is 2.24 bits per heavy atom. The maximum absolute atomic E-state index is 12.5. The predicted octanol–water partition coefficient (Wildman–Crippen LogP) is 4.48. The van der Waals surface area contributed by atoms with Crippen LogP contribution in [0.2, 0.25) is 0 Å². The molecule has 2 aromatic carbocycles. The molecule has 0 aliphatic carbocycles. The molecule has 0 bridgehead atoms. The van der Waals surface area contributed by atoms with Gasteiger partial charge >= 0.3 is 13.8 Å². The van der Waals surface area contributed by atoms with Crippen LogP contribution in [0.25, 0.3) is 0 Å². The third-order valence-electron chi connectivity index (χ3n) is 2.98. The number of phosphoric ester groups is 1. The third-order valence-corrected chi connectivity index (χ3v) is 4.38. The van der Waals surface area contributed by atoms with Crippen molar-refractivity contribution in [3.05, 3.63) is 78.1 Å². The van der Waals surface area contributed by atoms with Crippen molar-refractivity contribution in [2.45, 2.75) is 13.5 Å². The van der Waals surface area contributed by atoms with Crippen LogP contribution in [0.15, 0.2) is 72.5 Å². The van der Waals surface area contributed by atoms with E-state index in [0.717, 1.165) is 11.6 Å². The van der Waals surface area contributed by atoms with Crippen LogP contribution < -0.4 is 4.52 Å². The average molecular weight is 362 g/mol. The number of esters is 1. The molecular weight excluding hydrogens is 343 g/mol. The van der Waals surface area contributed by atoms with Crippen molar-refractivity contribution in [2.24, 2.45) is 0 Å². The highest BCUT2D eigenvalue weighted by Crippen LogP contribution is 2.50. The van der Waals surface area contributed by atoms with Gasteiger partial charge in [0, 0.05) is 7.11 Å². The topological polar surface area (TPSA) is 71.1 Å². The number of para-hydroxylation sites is 1. The Morgan fingerprint density at radius 1 is 1.04 bits per heavy atom. The van der Waals surface area contributed by atoms with Crippen molar-refractivity contribution in [3.8, 4) is 5.75 Å². The highest BCUT2D eigenvalue weighted by atomic mass is 31.2. The molecule has 0 N–H and O–H groups in total. The molecule has 2 aromatic rings. The average Bonchev–Trinajstić information content (AvgIpc) is 2.61. The SMILES string of the molecule is COP(=O)(O/C(C)=C/C(=O)OCc1ccccc1)Oc1ccccc1. The van der Waals surface area contributed by atoms with Gasteiger partial charge in [-0.15, -0.1) is 0 Å². The van der Waals surface area contributed by atoms with Gasteiger partial charge in [-0.1, -0.05) is 48.5 Å². The van der Waals surface area contributed by atoms with Crippen LogP contribution in [0.5, 0.6) is 5.75 Å². The minimum atomic E-state index is -3.89. The number of hydrogen-bond donors (Lipinski definition) is 0. The van der Waals surface area contributed by atoms with E-state index in [1.165, 1.54) is 14.0 Å². The Bertz CT molecular complexity index is 758. The van der Waals surface area contributed by atoms with Crippen LogP contribution in [0.4, 0.5) is 0 Å². The lowest BCUT2D eigenvalue weighted by Gasteiger charge is -2.17. The van der Waals surface area contributed by atoms with E-state index in [9.17, 15) is 9.36 Å². The normalized spacial score (nSPS) is 13.6. The molecule has 132 valence electrons. The number of benzene rings is 2. The molecule has 7 heteroatoms. The maximum Gasteiger partial charge on any atom is 0.586 e. The molecule has 1 unspecified atom stereocenters. The van der Waals surface area contributed by atoms with Gasteiger partial charge in [0.05, 0.1) is 6.08 Å². The molecule has 0 spiro atoms. The fourth-order valence-corrected chi connectivity index (χ4v) is 2.81. The fraction of sp³-hybridized carbons (Fsp3) is 0.167. The second-order valence-corrected chi connectivity index (χ2v) is 6.60. The Hall–Kier alpha value is -2.56. The molecule has 1 atom stereocenters. The van der Waals surface area contributed by atoms with E-state index < -0.39 is 13.8 Å². The van der Waals surface area contributed by atoms with E-state index in [0.29, 0.717) is 5.75 Å². The summed E-state index contributed by atoms with van der Waals surface area (Å²) in [6, 6.07) is 17.7. The maximum atomic E-state index is 12.5. The smallest absolute Gasteiger partial charge is 0.458 e. The lowest BCUT2D eigenvalue weighted by atomic mass is 10.2. The highest BCUT2D eigenvalue weighted by Gasteiger charge is 2.29. The van der Waals surface area contributed by atoms with E-state index >= 15 is 0 Å². The van der Waals surface area contributed by atoms with Crippen LogP contribution in [0, 0.1) is 0 Å². The predicted molar refractivity (Wildman–Crippen MR) is 92.8 cm³/mol. The van der Waals surface area contributed by atoms with Crippen molar-refractivity contribution in [3.63, 3.8) is 0 Å². The second kappa shape index (κ2) is 9.06. The van der Waals surface area contributed by atoms with Gasteiger partial charge in [0.15, 0.2) is 0 Å². The number of carbonyl (C=O) groups excluding carboxylic acids is 1. The molecule has 0 radical (unpaired) electrons. The van der Waals surface area contributed by atoms with Crippen LogP contribution in [-0.4, -0.2) is 13.1 Å². The Labute approximate surface area is 146 Å². The second-order valence-electron chi connectivity index (χ2n) is 4.97. The summed E-state index contributed by atoms with van der Waals surface area (Å²) in [7, 11) is -2.69. The van der Waals surface area contributed by atoms with Crippen molar-refractivity contribution in [1.82, 2.24) is 0 Å². The molecule has 0 fully saturated rings. The zero-order valence-electron chi connectivity index (χ0n) is 14.0. The van der Waals surface area contributed by atoms with Crippen LogP contribution in [-0.2, 0) is 29.8 Å². The van der Waals surface area contributed by atoms with Gasteiger partial charge in [-0.3, -0.25) is 4.52 Å². The summed E-state index contributed by atoms with van der Waals surface area (Å²) in [6.07, 6.45) is 1.09. The van der Waals surface area contributed by atoms with Crippen LogP contribution in [0.1, 0.15) is 12.5 Å². The first-order valence-electron chi connectivity index (χ1n) is 7.50. The summed E-state index contributed by atoms with van der Waals surface area (Å²) in [5, 5.41) is 0. The molecule has 2 rings (SSSR count). The molecule has 0 amide bonds. The molecular formula is C18H19O6P. The molecule has 6 nitrogen and oxygen atoms in total. The van der Waals surface area contributed by atoms with Gasteiger partial charge in [0.2, 0.25) is 0 Å². The number of hydrogen-bond acceptors (Lipinski definition) is 6. The molecule has 0 aliphatic heterocycles. The number of phosphoric acid groups is 1. The van der Waals surface area contributed by atoms with Gasteiger partial charge in [-0.25, -0.2) is 9.36 Å². The molecule has 25 heavy (non-hydrogen) atoms. The summed E-state index contributed by atoms with van der Waals surface area (Å²) in [5.74, 6) is -0.241. The number of ether oxygens (including phenoxy) is 1. The number of allylic oxidation sites excluding steroid dienone is 1. The van der Waals surface area contributed by atoms with Crippen molar-refractivity contribution < 1.29 is 27.7 Å². The first kappa shape index (κ1) is 18.8. The fourth-order valence-electron chi connectivity index (χ4n) is 1.84. The third kappa shape index (κ3) is 6.45. The summed E-state index contributed by atoms with van der Waals surface area (Å²) < 4.78 is 32.8. The van der Waals surface area contributed by atoms with Crippen molar-refractivity contribution in [2.75, 3.05) is 7.11 Å². The zero-order chi connectivity index (χ0) is 18.1. The Balaban J connectivity index is 1.93. The summed E-state index contributed by atoms with van der Waals surface area (Å²) in [6.45, 7) is 1.59. The summed E-state index contributed by atoms with van der Waals surface area (Å²) in [5.41, 5.74) is 0.859. The minimum Gasteiger partial charge on any atom is -0.458 e. The summed E-state index contributed by atoms with van der Waals surface area (Å²) >= 11 is 0. The van der Waals surface area contributed by atoms with Crippen LogP contribution in [0.3, 0.4) is 0 Å². The number of rotatable bonds is 8. The standard InChI is InChI=1S/C18H19O6P/c1-15(13-18(19)22-14-16-9-5-3-6-10-16)23-25(20,21-2)24-17-11-7-4-8-12-17/h3-13H,14H2,1-2H3/b15-13+. The van der Waals surface area contributed by atoms with E-state index in [-0.39, 0.29) is 12.4 Å². The van der Waals surface area contributed by atoms with E-state index in [1.54, 1.807) is 30.3 Å². The lowest BCUT2D eigenvalue weighted by Crippen LogP contribution is -2.04. The quantitative estimate of drug-likeness (QED) is 0.298. The van der Waals surface area contributed by atoms with Gasteiger partial charge in [0.25, 0.3) is 0 Å². The molecule has 0 heterocycles. The first-order valence-corrected chi connectivity index (χ1v) is 8.96.